The van der Waals surface area contributed by atoms with E-state index in [1.54, 1.807) is 0 Å². The van der Waals surface area contributed by atoms with Gasteiger partial charge in [0, 0.05) is 0 Å². The molecule has 0 bridgehead atoms. The van der Waals surface area contributed by atoms with Gasteiger partial charge in [-0.2, -0.15) is 0 Å². The molecule has 1 heterocycles. The van der Waals surface area contributed by atoms with Crippen molar-refractivity contribution in [2.45, 2.75) is 12.3 Å². The molecule has 0 aliphatic carbocycles. The summed E-state index contributed by atoms with van der Waals surface area (Å²) in [5.74, 6) is -0.151. The molecule has 0 unspecified atom stereocenters. The molecule has 1 aromatic heterocycles. The van der Waals surface area contributed by atoms with E-state index in [4.69, 9.17) is 22.1 Å². The minimum atomic E-state index is -2.70. The maximum atomic E-state index is 12.6. The third-order valence-corrected chi connectivity index (χ3v) is 1.98. The van der Waals surface area contributed by atoms with Gasteiger partial charge in [0.1, 0.15) is 0 Å². The zero-order valence-corrected chi connectivity index (χ0v) is 8.18. The van der Waals surface area contributed by atoms with Crippen LogP contribution in [0.25, 0.3) is 0 Å². The molecule has 0 atom stereocenters. The first kappa shape index (κ1) is 11.0. The summed E-state index contributed by atoms with van der Waals surface area (Å²) in [5, 5.41) is 0. The maximum absolute atomic E-state index is 12.6. The molecule has 0 saturated carbocycles. The standard InChI is InChI=1S/C8H9ClF2N2O/c1-14-7-4(12)3-13-5(2-9)6(7)8(10)11/h3,8H,2,12H2,1H3. The molecule has 3 nitrogen and oxygen atoms in total. The zero-order chi connectivity index (χ0) is 10.7. The largest absolute Gasteiger partial charge is 0.494 e. The van der Waals surface area contributed by atoms with Crippen LogP contribution < -0.4 is 10.5 Å². The molecular weight excluding hydrogens is 214 g/mol. The third kappa shape index (κ3) is 1.87. The molecule has 0 fully saturated rings. The van der Waals surface area contributed by atoms with Gasteiger partial charge in [0.15, 0.2) is 5.75 Å². The highest BCUT2D eigenvalue weighted by Crippen LogP contribution is 2.35. The minimum absolute atomic E-state index is 0.0503. The summed E-state index contributed by atoms with van der Waals surface area (Å²) in [4.78, 5) is 3.71. The van der Waals surface area contributed by atoms with Crippen LogP contribution in [0.3, 0.4) is 0 Å². The fourth-order valence-corrected chi connectivity index (χ4v) is 1.33. The van der Waals surface area contributed by atoms with Crippen molar-refractivity contribution in [3.63, 3.8) is 0 Å². The van der Waals surface area contributed by atoms with Crippen LogP contribution in [-0.2, 0) is 5.88 Å². The molecule has 0 aliphatic heterocycles. The van der Waals surface area contributed by atoms with Crippen molar-refractivity contribution >= 4 is 17.3 Å². The minimum Gasteiger partial charge on any atom is -0.494 e. The number of alkyl halides is 3. The van der Waals surface area contributed by atoms with Gasteiger partial charge in [-0.3, -0.25) is 4.98 Å². The third-order valence-electron chi connectivity index (χ3n) is 1.73. The molecule has 1 rings (SSSR count). The van der Waals surface area contributed by atoms with E-state index in [0.717, 1.165) is 0 Å². The summed E-state index contributed by atoms with van der Waals surface area (Å²) in [6.45, 7) is 0. The number of halogens is 3. The summed E-state index contributed by atoms with van der Waals surface area (Å²) in [5.41, 5.74) is 5.27. The molecule has 0 aromatic carbocycles. The number of aromatic nitrogens is 1. The van der Waals surface area contributed by atoms with Gasteiger partial charge in [0.25, 0.3) is 6.43 Å². The Bertz CT molecular complexity index is 333. The van der Waals surface area contributed by atoms with Gasteiger partial charge in [0.05, 0.1) is 36.1 Å². The summed E-state index contributed by atoms with van der Waals surface area (Å²) in [6, 6.07) is 0. The van der Waals surface area contributed by atoms with Gasteiger partial charge in [-0.15, -0.1) is 11.6 Å². The lowest BCUT2D eigenvalue weighted by Gasteiger charge is -2.12. The molecule has 14 heavy (non-hydrogen) atoms. The SMILES string of the molecule is COc1c(N)cnc(CCl)c1C(F)F. The van der Waals surface area contributed by atoms with E-state index in [9.17, 15) is 8.78 Å². The second-order valence-electron chi connectivity index (χ2n) is 2.54. The predicted molar refractivity (Wildman–Crippen MR) is 49.7 cm³/mol. The Kier molecular flexibility index (Phi) is 3.46. The smallest absolute Gasteiger partial charge is 0.269 e. The number of ether oxygens (including phenoxy) is 1. The number of nitrogens with zero attached hydrogens (tertiary/aromatic N) is 1. The van der Waals surface area contributed by atoms with Crippen LogP contribution in [-0.4, -0.2) is 12.1 Å². The molecule has 0 amide bonds. The molecule has 0 spiro atoms. The average Bonchev–Trinajstić information content (AvgIpc) is 2.17. The van der Waals surface area contributed by atoms with Crippen LogP contribution in [0.4, 0.5) is 14.5 Å². The van der Waals surface area contributed by atoms with E-state index in [1.165, 1.54) is 13.3 Å². The van der Waals surface area contributed by atoms with E-state index in [1.807, 2.05) is 0 Å². The van der Waals surface area contributed by atoms with Crippen LogP contribution in [0.1, 0.15) is 17.7 Å². The van der Waals surface area contributed by atoms with Gasteiger partial charge in [0.2, 0.25) is 0 Å². The predicted octanol–water partition coefficient (Wildman–Crippen LogP) is 2.35. The first-order valence-corrected chi connectivity index (χ1v) is 4.30. The van der Waals surface area contributed by atoms with Crippen molar-refractivity contribution in [1.29, 1.82) is 0 Å². The Balaban J connectivity index is 3.36. The Morgan fingerprint density at radius 3 is 2.71 bits per heavy atom. The Morgan fingerprint density at radius 1 is 1.64 bits per heavy atom. The summed E-state index contributed by atoms with van der Waals surface area (Å²) in [7, 11) is 1.27. The number of anilines is 1. The Labute approximate surface area is 84.8 Å². The second kappa shape index (κ2) is 4.41. The lowest BCUT2D eigenvalue weighted by molar-refractivity contribution is 0.145. The molecule has 0 saturated heterocycles. The fourth-order valence-electron chi connectivity index (χ4n) is 1.12. The highest BCUT2D eigenvalue weighted by Gasteiger charge is 2.21. The molecule has 0 radical (unpaired) electrons. The number of pyridine rings is 1. The molecular formula is C8H9ClF2N2O. The lowest BCUT2D eigenvalue weighted by Crippen LogP contribution is -2.04. The van der Waals surface area contributed by atoms with Gasteiger partial charge < -0.3 is 10.5 Å². The monoisotopic (exact) mass is 222 g/mol. The zero-order valence-electron chi connectivity index (χ0n) is 7.43. The van der Waals surface area contributed by atoms with E-state index in [0.29, 0.717) is 0 Å². The summed E-state index contributed by atoms with van der Waals surface area (Å²) in [6.07, 6.45) is -1.45. The fraction of sp³-hybridized carbons (Fsp3) is 0.375. The van der Waals surface area contributed by atoms with Crippen molar-refractivity contribution in [2.24, 2.45) is 0 Å². The van der Waals surface area contributed by atoms with Crippen molar-refractivity contribution in [2.75, 3.05) is 12.8 Å². The van der Waals surface area contributed by atoms with E-state index in [-0.39, 0.29) is 28.6 Å². The van der Waals surface area contributed by atoms with Crippen LogP contribution in [0.15, 0.2) is 6.20 Å². The van der Waals surface area contributed by atoms with Crippen LogP contribution >= 0.6 is 11.6 Å². The van der Waals surface area contributed by atoms with Gasteiger partial charge in [-0.25, -0.2) is 8.78 Å². The average molecular weight is 223 g/mol. The summed E-state index contributed by atoms with van der Waals surface area (Å²) >= 11 is 5.47. The molecule has 78 valence electrons. The van der Waals surface area contributed by atoms with Crippen molar-refractivity contribution in [3.05, 3.63) is 17.5 Å². The number of nitrogens with two attached hydrogens (primary N) is 1. The first-order chi connectivity index (χ1) is 6.61. The molecule has 2 N–H and O–H groups in total. The summed E-state index contributed by atoms with van der Waals surface area (Å²) < 4.78 is 30.0. The highest BCUT2D eigenvalue weighted by molar-refractivity contribution is 6.17. The quantitative estimate of drug-likeness (QED) is 0.799. The van der Waals surface area contributed by atoms with Crippen LogP contribution in [0.5, 0.6) is 5.75 Å². The van der Waals surface area contributed by atoms with Crippen molar-refractivity contribution < 1.29 is 13.5 Å². The van der Waals surface area contributed by atoms with Crippen molar-refractivity contribution in [1.82, 2.24) is 4.98 Å². The lowest BCUT2D eigenvalue weighted by atomic mass is 10.1. The van der Waals surface area contributed by atoms with Crippen LogP contribution in [0, 0.1) is 0 Å². The topological polar surface area (TPSA) is 48.1 Å². The number of hydrogen-bond donors (Lipinski definition) is 1. The van der Waals surface area contributed by atoms with Crippen LogP contribution in [0.2, 0.25) is 0 Å². The maximum Gasteiger partial charge on any atom is 0.269 e. The first-order valence-electron chi connectivity index (χ1n) is 3.77. The normalized spacial score (nSPS) is 10.6. The molecule has 0 aliphatic rings. The number of nitrogen functional groups attached to an aromatic ring is 1. The molecule has 1 aromatic rings. The molecule has 6 heteroatoms. The van der Waals surface area contributed by atoms with E-state index in [2.05, 4.69) is 4.98 Å². The Morgan fingerprint density at radius 2 is 2.29 bits per heavy atom. The van der Waals surface area contributed by atoms with Gasteiger partial charge in [-0.05, 0) is 0 Å². The number of rotatable bonds is 3. The number of methoxy groups -OCH3 is 1. The van der Waals surface area contributed by atoms with E-state index < -0.39 is 6.43 Å². The van der Waals surface area contributed by atoms with E-state index >= 15 is 0 Å². The number of hydrogen-bond acceptors (Lipinski definition) is 3. The second-order valence-corrected chi connectivity index (χ2v) is 2.81. The van der Waals surface area contributed by atoms with Gasteiger partial charge in [-0.1, -0.05) is 0 Å². The Hall–Kier alpha value is -1.10. The van der Waals surface area contributed by atoms with Crippen molar-refractivity contribution in [3.8, 4) is 5.75 Å². The highest BCUT2D eigenvalue weighted by atomic mass is 35.5. The van der Waals surface area contributed by atoms with Gasteiger partial charge >= 0.3 is 0 Å².